The molecule has 0 saturated heterocycles. The van der Waals surface area contributed by atoms with Crippen LogP contribution >= 0.6 is 0 Å². The van der Waals surface area contributed by atoms with E-state index in [9.17, 15) is 14.7 Å². The number of benzene rings is 7. The standard InChI is InChI=1S/C56H51NO6/c1-38-8-20-47(21-9-38)57(48-22-10-39(2)11-23-48)49-24-12-42(13-25-49)36-52(43-14-26-50(59)27-15-43)44-16-28-51(29-17-44)62-55(60)63-54-31-19-46(35-41(54)4)56(32-6-5-7-33-56)45-18-30-53(61-37-58)40(3)34-45/h8-31,34-37,59H,5-7,32-33H2,1-4H3. The van der Waals surface area contributed by atoms with Gasteiger partial charge in [0.2, 0.25) is 0 Å². The number of carbonyl (C=O) groups is 2. The second-order valence-corrected chi connectivity index (χ2v) is 16.5. The molecule has 8 rings (SSSR count). The molecule has 7 heteroatoms. The zero-order chi connectivity index (χ0) is 43.9. The first-order valence-electron chi connectivity index (χ1n) is 21.5. The maximum Gasteiger partial charge on any atom is 0.519 e. The van der Waals surface area contributed by atoms with E-state index in [0.29, 0.717) is 23.7 Å². The van der Waals surface area contributed by atoms with Crippen LogP contribution in [0.25, 0.3) is 11.6 Å². The number of aromatic hydroxyl groups is 1. The van der Waals surface area contributed by atoms with Crippen LogP contribution in [0.15, 0.2) is 158 Å². The number of aryl methyl sites for hydroxylation is 4. The van der Waals surface area contributed by atoms with Crippen molar-refractivity contribution >= 4 is 41.3 Å². The van der Waals surface area contributed by atoms with Crippen LogP contribution in [0, 0.1) is 27.7 Å². The summed E-state index contributed by atoms with van der Waals surface area (Å²) in [6.07, 6.45) is 6.68. The van der Waals surface area contributed by atoms with Crippen molar-refractivity contribution in [3.8, 4) is 23.0 Å². The van der Waals surface area contributed by atoms with Gasteiger partial charge in [0.15, 0.2) is 0 Å². The lowest BCUT2D eigenvalue weighted by Gasteiger charge is -2.39. The van der Waals surface area contributed by atoms with E-state index in [-0.39, 0.29) is 11.2 Å². The smallest absolute Gasteiger partial charge is 0.508 e. The molecule has 316 valence electrons. The predicted octanol–water partition coefficient (Wildman–Crippen LogP) is 14.0. The Hall–Kier alpha value is -7.38. The quantitative estimate of drug-likeness (QED) is 0.0568. The van der Waals surface area contributed by atoms with Crippen molar-refractivity contribution in [1.82, 2.24) is 0 Å². The molecule has 0 bridgehead atoms. The largest absolute Gasteiger partial charge is 0.519 e. The highest BCUT2D eigenvalue weighted by Crippen LogP contribution is 2.47. The average molecular weight is 834 g/mol. The average Bonchev–Trinajstić information content (AvgIpc) is 3.30. The number of phenols is 1. The molecule has 0 atom stereocenters. The normalized spacial score (nSPS) is 13.5. The van der Waals surface area contributed by atoms with Crippen LogP contribution in [-0.2, 0) is 10.2 Å². The Labute approximate surface area is 369 Å². The summed E-state index contributed by atoms with van der Waals surface area (Å²) in [4.78, 5) is 26.5. The van der Waals surface area contributed by atoms with E-state index in [1.807, 2.05) is 50.2 Å². The molecule has 1 aliphatic carbocycles. The Morgan fingerprint density at radius 3 is 1.57 bits per heavy atom. The van der Waals surface area contributed by atoms with Crippen molar-refractivity contribution in [1.29, 1.82) is 0 Å². The van der Waals surface area contributed by atoms with Crippen LogP contribution in [0.4, 0.5) is 21.9 Å². The summed E-state index contributed by atoms with van der Waals surface area (Å²) < 4.78 is 16.6. The minimum Gasteiger partial charge on any atom is -0.508 e. The summed E-state index contributed by atoms with van der Waals surface area (Å²) in [5, 5.41) is 10.1. The van der Waals surface area contributed by atoms with E-state index in [4.69, 9.17) is 14.2 Å². The lowest BCUT2D eigenvalue weighted by atomic mass is 9.65. The van der Waals surface area contributed by atoms with Gasteiger partial charge in [0.1, 0.15) is 23.0 Å². The topological polar surface area (TPSA) is 85.3 Å². The highest BCUT2D eigenvalue weighted by molar-refractivity contribution is 5.92. The van der Waals surface area contributed by atoms with Gasteiger partial charge in [-0.3, -0.25) is 4.79 Å². The number of anilines is 3. The summed E-state index contributed by atoms with van der Waals surface area (Å²) in [6.45, 7) is 8.54. The van der Waals surface area contributed by atoms with Crippen molar-refractivity contribution in [3.63, 3.8) is 0 Å². The van der Waals surface area contributed by atoms with Gasteiger partial charge in [-0.1, -0.05) is 115 Å². The second-order valence-electron chi connectivity index (χ2n) is 16.5. The van der Waals surface area contributed by atoms with Gasteiger partial charge in [-0.2, -0.15) is 0 Å². The van der Waals surface area contributed by atoms with Gasteiger partial charge in [-0.05, 0) is 164 Å². The molecule has 0 heterocycles. The second kappa shape index (κ2) is 18.7. The molecule has 1 aliphatic rings. The van der Waals surface area contributed by atoms with Crippen molar-refractivity contribution in [2.75, 3.05) is 4.90 Å². The first kappa shape index (κ1) is 42.3. The van der Waals surface area contributed by atoms with Gasteiger partial charge < -0.3 is 24.2 Å². The van der Waals surface area contributed by atoms with Crippen LogP contribution in [0.1, 0.15) is 82.2 Å². The maximum atomic E-state index is 13.2. The summed E-state index contributed by atoms with van der Waals surface area (Å²) >= 11 is 0. The lowest BCUT2D eigenvalue weighted by molar-refractivity contribution is -0.120. The molecule has 0 amide bonds. The fraction of sp³-hybridized carbons (Fsp3) is 0.179. The first-order valence-corrected chi connectivity index (χ1v) is 21.5. The molecule has 1 saturated carbocycles. The minimum atomic E-state index is -0.827. The molecule has 1 N–H and O–H groups in total. The van der Waals surface area contributed by atoms with E-state index in [2.05, 4.69) is 122 Å². The van der Waals surface area contributed by atoms with Gasteiger partial charge in [0.05, 0.1) is 0 Å². The van der Waals surface area contributed by atoms with Crippen LogP contribution in [0.3, 0.4) is 0 Å². The van der Waals surface area contributed by atoms with Gasteiger partial charge >= 0.3 is 6.16 Å². The molecular weight excluding hydrogens is 783 g/mol. The zero-order valence-electron chi connectivity index (χ0n) is 36.1. The molecule has 7 aromatic carbocycles. The zero-order valence-corrected chi connectivity index (χ0v) is 36.1. The molecule has 7 nitrogen and oxygen atoms in total. The highest BCUT2D eigenvalue weighted by Gasteiger charge is 2.36. The van der Waals surface area contributed by atoms with Gasteiger partial charge in [0, 0.05) is 22.5 Å². The maximum absolute atomic E-state index is 13.2. The van der Waals surface area contributed by atoms with Crippen molar-refractivity contribution < 1.29 is 28.9 Å². The van der Waals surface area contributed by atoms with Crippen LogP contribution in [-0.4, -0.2) is 17.7 Å². The molecule has 0 spiro atoms. The highest BCUT2D eigenvalue weighted by atomic mass is 16.7. The van der Waals surface area contributed by atoms with Crippen molar-refractivity contribution in [2.45, 2.75) is 65.2 Å². The molecule has 0 radical (unpaired) electrons. The monoisotopic (exact) mass is 833 g/mol. The van der Waals surface area contributed by atoms with E-state index < -0.39 is 6.16 Å². The third kappa shape index (κ3) is 9.58. The summed E-state index contributed by atoms with van der Waals surface area (Å²) in [6, 6.07) is 52.1. The third-order valence-corrected chi connectivity index (χ3v) is 12.1. The molecular formula is C56H51NO6. The summed E-state index contributed by atoms with van der Waals surface area (Å²) in [5.41, 5.74) is 13.2. The Bertz CT molecular complexity index is 2680. The predicted molar refractivity (Wildman–Crippen MR) is 252 cm³/mol. The van der Waals surface area contributed by atoms with Crippen molar-refractivity contribution in [2.24, 2.45) is 0 Å². The van der Waals surface area contributed by atoms with Crippen LogP contribution in [0.2, 0.25) is 0 Å². The number of nitrogens with zero attached hydrogens (tertiary/aromatic N) is 1. The molecule has 0 unspecified atom stereocenters. The fourth-order valence-corrected chi connectivity index (χ4v) is 8.70. The molecule has 0 aromatic heterocycles. The van der Waals surface area contributed by atoms with Gasteiger partial charge in [-0.25, -0.2) is 4.79 Å². The van der Waals surface area contributed by atoms with E-state index >= 15 is 0 Å². The minimum absolute atomic E-state index is 0.183. The van der Waals surface area contributed by atoms with Crippen molar-refractivity contribution in [3.05, 3.63) is 208 Å². The van der Waals surface area contributed by atoms with E-state index in [1.54, 1.807) is 24.3 Å². The van der Waals surface area contributed by atoms with E-state index in [0.717, 1.165) is 76.1 Å². The molecule has 0 aliphatic heterocycles. The molecule has 1 fully saturated rings. The molecule has 63 heavy (non-hydrogen) atoms. The number of hydrogen-bond donors (Lipinski definition) is 1. The van der Waals surface area contributed by atoms with Gasteiger partial charge in [-0.15, -0.1) is 0 Å². The Kier molecular flexibility index (Phi) is 12.6. The fourth-order valence-electron chi connectivity index (χ4n) is 8.70. The number of carbonyl (C=O) groups excluding carboxylic acids is 2. The van der Waals surface area contributed by atoms with E-state index in [1.165, 1.54) is 28.7 Å². The summed E-state index contributed by atoms with van der Waals surface area (Å²) in [5.74, 6) is 1.52. The number of rotatable bonds is 12. The third-order valence-electron chi connectivity index (χ3n) is 12.1. The molecule has 7 aromatic rings. The Balaban J connectivity index is 1.01. The Morgan fingerprint density at radius 2 is 1.06 bits per heavy atom. The summed E-state index contributed by atoms with van der Waals surface area (Å²) in [7, 11) is 0. The number of ether oxygens (including phenoxy) is 3. The number of hydrogen-bond acceptors (Lipinski definition) is 7. The first-order chi connectivity index (χ1) is 30.6. The SMILES string of the molecule is Cc1ccc(N(c2ccc(C)cc2)c2ccc(C=C(c3ccc(O)cc3)c3ccc(OC(=O)Oc4ccc(C5(c6ccc(OC=O)c(C)c6)CCCCC5)cc4C)cc3)cc2)cc1. The van der Waals surface area contributed by atoms with Crippen LogP contribution < -0.4 is 19.1 Å². The van der Waals surface area contributed by atoms with Crippen LogP contribution in [0.5, 0.6) is 23.0 Å². The Morgan fingerprint density at radius 1 is 0.571 bits per heavy atom. The number of phenolic OH excluding ortho intramolecular Hbond substituents is 1. The van der Waals surface area contributed by atoms with Gasteiger partial charge in [0.25, 0.3) is 6.47 Å². The lowest BCUT2D eigenvalue weighted by Crippen LogP contribution is -2.30.